The van der Waals surface area contributed by atoms with E-state index in [9.17, 15) is 9.59 Å². The third kappa shape index (κ3) is 4.96. The normalized spacial score (nSPS) is 10.2. The third-order valence-electron chi connectivity index (χ3n) is 2.76. The first-order chi connectivity index (χ1) is 9.62. The van der Waals surface area contributed by atoms with Gasteiger partial charge in [-0.2, -0.15) is 0 Å². The number of hydrogen-bond donors (Lipinski definition) is 1. The molecule has 0 fully saturated rings. The summed E-state index contributed by atoms with van der Waals surface area (Å²) in [5.41, 5.74) is 1.18. The first-order valence-electron chi connectivity index (χ1n) is 6.78. The van der Waals surface area contributed by atoms with Gasteiger partial charge in [0.05, 0.1) is 17.6 Å². The third-order valence-corrected chi connectivity index (χ3v) is 3.27. The Morgan fingerprint density at radius 2 is 2.05 bits per heavy atom. The van der Waals surface area contributed by atoms with E-state index in [1.54, 1.807) is 18.2 Å². The van der Waals surface area contributed by atoms with Crippen LogP contribution in [0.4, 0.5) is 5.69 Å². The van der Waals surface area contributed by atoms with Crippen LogP contribution >= 0.6 is 15.9 Å². The molecule has 0 saturated heterocycles. The van der Waals surface area contributed by atoms with E-state index >= 15 is 0 Å². The summed E-state index contributed by atoms with van der Waals surface area (Å²) in [6, 6.07) is 5.08. The Bertz CT molecular complexity index is 474. The van der Waals surface area contributed by atoms with Gasteiger partial charge >= 0.3 is 0 Å². The maximum atomic E-state index is 11.8. The van der Waals surface area contributed by atoms with Crippen LogP contribution in [0.1, 0.15) is 43.5 Å². The average molecular weight is 342 g/mol. The molecule has 20 heavy (non-hydrogen) atoms. The van der Waals surface area contributed by atoms with Gasteiger partial charge in [-0.15, -0.1) is 0 Å². The van der Waals surface area contributed by atoms with Crippen molar-refractivity contribution >= 4 is 33.3 Å². The van der Waals surface area contributed by atoms with Gasteiger partial charge in [0, 0.05) is 12.0 Å². The van der Waals surface area contributed by atoms with E-state index < -0.39 is 0 Å². The molecule has 0 aliphatic rings. The second-order valence-electron chi connectivity index (χ2n) is 4.35. The molecule has 0 radical (unpaired) electrons. The molecule has 0 atom stereocenters. The van der Waals surface area contributed by atoms with Gasteiger partial charge in [0.25, 0.3) is 0 Å². The molecule has 1 aromatic carbocycles. The van der Waals surface area contributed by atoms with Crippen LogP contribution in [0.5, 0.6) is 5.75 Å². The van der Waals surface area contributed by atoms with Gasteiger partial charge in [-0.3, -0.25) is 9.59 Å². The largest absolute Gasteiger partial charge is 0.492 e. The number of Topliss-reactive ketones (excluding diaryl/α,β-unsaturated/α-hetero) is 1. The second kappa shape index (κ2) is 8.74. The van der Waals surface area contributed by atoms with E-state index in [1.807, 2.05) is 13.8 Å². The molecule has 5 heteroatoms. The molecule has 1 amide bonds. The van der Waals surface area contributed by atoms with Crippen LogP contribution in [0.2, 0.25) is 0 Å². The van der Waals surface area contributed by atoms with Crippen molar-refractivity contribution in [2.45, 2.75) is 33.1 Å². The molecular formula is C15H20BrNO3. The Labute approximate surface area is 128 Å². The Morgan fingerprint density at radius 3 is 2.65 bits per heavy atom. The zero-order valence-corrected chi connectivity index (χ0v) is 13.5. The highest BCUT2D eigenvalue weighted by Gasteiger charge is 2.11. The van der Waals surface area contributed by atoms with Gasteiger partial charge in [-0.25, -0.2) is 0 Å². The van der Waals surface area contributed by atoms with Crippen molar-refractivity contribution in [2.24, 2.45) is 0 Å². The summed E-state index contributed by atoms with van der Waals surface area (Å²) in [7, 11) is 0. The molecule has 0 aliphatic carbocycles. The summed E-state index contributed by atoms with van der Waals surface area (Å²) >= 11 is 3.14. The molecule has 0 saturated carbocycles. The van der Waals surface area contributed by atoms with Crippen molar-refractivity contribution in [3.05, 3.63) is 23.8 Å². The minimum absolute atomic E-state index is 0.0187. The van der Waals surface area contributed by atoms with Crippen LogP contribution in [-0.2, 0) is 4.79 Å². The van der Waals surface area contributed by atoms with Crippen LogP contribution in [-0.4, -0.2) is 23.6 Å². The molecule has 110 valence electrons. The maximum Gasteiger partial charge on any atom is 0.224 e. The second-order valence-corrected chi connectivity index (χ2v) is 4.91. The summed E-state index contributed by atoms with van der Waals surface area (Å²) in [6.45, 7) is 4.38. The number of halogens is 1. The summed E-state index contributed by atoms with van der Waals surface area (Å²) in [4.78, 5) is 23.4. The number of ether oxygens (including phenoxy) is 1. The zero-order chi connectivity index (χ0) is 15.0. The van der Waals surface area contributed by atoms with Crippen LogP contribution in [0, 0.1) is 0 Å². The number of alkyl halides is 1. The van der Waals surface area contributed by atoms with Crippen molar-refractivity contribution in [1.29, 1.82) is 0 Å². The minimum Gasteiger partial charge on any atom is -0.492 e. The fourth-order valence-corrected chi connectivity index (χ4v) is 2.02. The number of anilines is 1. The number of amides is 1. The van der Waals surface area contributed by atoms with Gasteiger partial charge in [0.1, 0.15) is 5.75 Å². The number of benzene rings is 1. The van der Waals surface area contributed by atoms with E-state index in [1.165, 1.54) is 0 Å². The standard InChI is InChI=1S/C15H20BrNO3/c1-3-5-6-15(19)17-12-8-7-11(13(18)10-16)9-14(12)20-4-2/h7-9H,3-6,10H2,1-2H3,(H,17,19). The molecule has 0 heterocycles. The summed E-state index contributed by atoms with van der Waals surface area (Å²) in [5, 5.41) is 3.09. The Morgan fingerprint density at radius 1 is 1.30 bits per heavy atom. The van der Waals surface area contributed by atoms with Crippen molar-refractivity contribution < 1.29 is 14.3 Å². The Kier molecular flexibility index (Phi) is 7.30. The van der Waals surface area contributed by atoms with Crippen molar-refractivity contribution in [1.82, 2.24) is 0 Å². The predicted molar refractivity (Wildman–Crippen MR) is 83.9 cm³/mol. The molecule has 4 nitrogen and oxygen atoms in total. The number of hydrogen-bond acceptors (Lipinski definition) is 3. The summed E-state index contributed by atoms with van der Waals surface area (Å²) < 4.78 is 5.50. The fraction of sp³-hybridized carbons (Fsp3) is 0.467. The monoisotopic (exact) mass is 341 g/mol. The molecule has 0 aromatic heterocycles. The van der Waals surface area contributed by atoms with Gasteiger partial charge < -0.3 is 10.1 Å². The zero-order valence-electron chi connectivity index (χ0n) is 11.9. The van der Waals surface area contributed by atoms with Crippen LogP contribution in [0.3, 0.4) is 0 Å². The Hall–Kier alpha value is -1.36. The van der Waals surface area contributed by atoms with Gasteiger partial charge in [-0.05, 0) is 31.5 Å². The van der Waals surface area contributed by atoms with E-state index in [0.29, 0.717) is 30.0 Å². The molecule has 1 rings (SSSR count). The van der Waals surface area contributed by atoms with E-state index in [2.05, 4.69) is 21.2 Å². The average Bonchev–Trinajstić information content (AvgIpc) is 2.46. The lowest BCUT2D eigenvalue weighted by Gasteiger charge is -2.12. The molecule has 0 spiro atoms. The van der Waals surface area contributed by atoms with Gasteiger partial charge in [0.2, 0.25) is 5.91 Å². The van der Waals surface area contributed by atoms with E-state index in [-0.39, 0.29) is 17.0 Å². The number of ketones is 1. The number of nitrogens with one attached hydrogen (secondary N) is 1. The lowest BCUT2D eigenvalue weighted by atomic mass is 10.1. The molecule has 1 N–H and O–H groups in total. The van der Waals surface area contributed by atoms with Crippen molar-refractivity contribution in [3.63, 3.8) is 0 Å². The highest BCUT2D eigenvalue weighted by molar-refractivity contribution is 9.09. The fourth-order valence-electron chi connectivity index (χ4n) is 1.70. The lowest BCUT2D eigenvalue weighted by Crippen LogP contribution is -2.13. The smallest absolute Gasteiger partial charge is 0.224 e. The highest BCUT2D eigenvalue weighted by Crippen LogP contribution is 2.26. The van der Waals surface area contributed by atoms with Crippen molar-refractivity contribution in [3.8, 4) is 5.75 Å². The van der Waals surface area contributed by atoms with Crippen LogP contribution in [0.15, 0.2) is 18.2 Å². The molecule has 0 aliphatic heterocycles. The number of rotatable bonds is 8. The van der Waals surface area contributed by atoms with E-state index in [0.717, 1.165) is 12.8 Å². The van der Waals surface area contributed by atoms with Crippen molar-refractivity contribution in [2.75, 3.05) is 17.3 Å². The van der Waals surface area contributed by atoms with Gasteiger partial charge in [-0.1, -0.05) is 29.3 Å². The first-order valence-corrected chi connectivity index (χ1v) is 7.90. The summed E-state index contributed by atoms with van der Waals surface area (Å²) in [6.07, 6.45) is 2.32. The van der Waals surface area contributed by atoms with Gasteiger partial charge in [0.15, 0.2) is 5.78 Å². The van der Waals surface area contributed by atoms with E-state index in [4.69, 9.17) is 4.74 Å². The topological polar surface area (TPSA) is 55.4 Å². The predicted octanol–water partition coefficient (Wildman–Crippen LogP) is 3.79. The first kappa shape index (κ1) is 16.7. The molecule has 1 aromatic rings. The maximum absolute atomic E-state index is 11.8. The minimum atomic E-state index is -0.0348. The lowest BCUT2D eigenvalue weighted by molar-refractivity contribution is -0.116. The summed E-state index contributed by atoms with van der Waals surface area (Å²) in [5.74, 6) is 0.478. The SMILES string of the molecule is CCCCC(=O)Nc1ccc(C(=O)CBr)cc1OCC. The molecule has 0 bridgehead atoms. The Balaban J connectivity index is 2.89. The number of carbonyl (C=O) groups is 2. The number of unbranched alkanes of at least 4 members (excludes halogenated alkanes) is 1. The number of carbonyl (C=O) groups excluding carboxylic acids is 2. The van der Waals surface area contributed by atoms with Crippen LogP contribution in [0.25, 0.3) is 0 Å². The molecular weight excluding hydrogens is 322 g/mol. The van der Waals surface area contributed by atoms with Crippen LogP contribution < -0.4 is 10.1 Å². The highest BCUT2D eigenvalue weighted by atomic mass is 79.9. The molecule has 0 unspecified atom stereocenters. The quantitative estimate of drug-likeness (QED) is 0.578.